The Bertz CT molecular complexity index is 379. The first-order chi connectivity index (χ1) is 8.15. The number of ether oxygens (including phenoxy) is 1. The number of Topliss-reactive ketones (excluding diaryl/α,β-unsaturated/α-hetero) is 1. The first-order valence-corrected chi connectivity index (χ1v) is 5.46. The van der Waals surface area contributed by atoms with Crippen LogP contribution in [0.15, 0.2) is 24.5 Å². The zero-order chi connectivity index (χ0) is 12.7. The number of nitrogens with zero attached hydrogens (tertiary/aromatic N) is 1. The summed E-state index contributed by atoms with van der Waals surface area (Å²) in [6.07, 6.45) is 3.27. The fourth-order valence-electron chi connectivity index (χ4n) is 1.33. The Balaban J connectivity index is 2.56. The van der Waals surface area contributed by atoms with E-state index in [4.69, 9.17) is 4.74 Å². The van der Waals surface area contributed by atoms with Gasteiger partial charge < -0.3 is 10.1 Å². The molecule has 17 heavy (non-hydrogen) atoms. The van der Waals surface area contributed by atoms with Crippen LogP contribution in [0.1, 0.15) is 13.8 Å². The summed E-state index contributed by atoms with van der Waals surface area (Å²) in [6.45, 7) is 3.61. The molecule has 1 aromatic heterocycles. The minimum Gasteiger partial charge on any atom is -0.465 e. The maximum atomic E-state index is 11.5. The lowest BCUT2D eigenvalue weighted by Crippen LogP contribution is -2.30. The molecule has 92 valence electrons. The third-order valence-corrected chi connectivity index (χ3v) is 2.25. The molecule has 0 amide bonds. The number of ketones is 1. The molecule has 1 N–H and O–H groups in total. The van der Waals surface area contributed by atoms with E-state index in [0.29, 0.717) is 0 Å². The van der Waals surface area contributed by atoms with E-state index in [9.17, 15) is 9.59 Å². The molecule has 1 rings (SSSR count). The molecule has 0 aliphatic rings. The molecule has 0 radical (unpaired) electrons. The van der Waals surface area contributed by atoms with Gasteiger partial charge in [-0.05, 0) is 26.0 Å². The highest BCUT2D eigenvalue weighted by atomic mass is 16.5. The topological polar surface area (TPSA) is 68.3 Å². The summed E-state index contributed by atoms with van der Waals surface area (Å²) in [4.78, 5) is 26.7. The highest BCUT2D eigenvalue weighted by molar-refractivity contribution is 5.98. The van der Waals surface area contributed by atoms with Crippen molar-refractivity contribution in [1.29, 1.82) is 0 Å². The molecule has 5 nitrogen and oxygen atoms in total. The average molecular weight is 236 g/mol. The van der Waals surface area contributed by atoms with Crippen LogP contribution in [0.5, 0.6) is 0 Å². The molecular weight excluding hydrogens is 220 g/mol. The minimum atomic E-state index is -0.761. The molecule has 0 bridgehead atoms. The largest absolute Gasteiger partial charge is 0.465 e. The monoisotopic (exact) mass is 236 g/mol. The molecular formula is C12H16N2O3. The smallest absolute Gasteiger partial charge is 0.318 e. The Labute approximate surface area is 100 Å². The number of rotatable bonds is 6. The number of hydrogen-bond acceptors (Lipinski definition) is 5. The number of esters is 1. The van der Waals surface area contributed by atoms with Gasteiger partial charge >= 0.3 is 5.97 Å². The average Bonchev–Trinajstić information content (AvgIpc) is 2.30. The van der Waals surface area contributed by atoms with Gasteiger partial charge in [0.05, 0.1) is 6.61 Å². The number of carbonyl (C=O) groups excluding carboxylic acids is 2. The molecule has 5 heteroatoms. The summed E-state index contributed by atoms with van der Waals surface area (Å²) in [5.74, 6) is -1.45. The van der Waals surface area contributed by atoms with E-state index in [1.54, 1.807) is 31.5 Å². The predicted octanol–water partition coefficient (Wildman–Crippen LogP) is 1.26. The van der Waals surface area contributed by atoms with Crippen LogP contribution in [0.25, 0.3) is 0 Å². The maximum Gasteiger partial charge on any atom is 0.318 e. The van der Waals surface area contributed by atoms with Gasteiger partial charge in [0.15, 0.2) is 0 Å². The van der Waals surface area contributed by atoms with Crippen LogP contribution >= 0.6 is 0 Å². The first-order valence-electron chi connectivity index (χ1n) is 5.46. The second-order valence-electron chi connectivity index (χ2n) is 3.53. The number of anilines is 1. The third kappa shape index (κ3) is 4.22. The number of pyridine rings is 1. The van der Waals surface area contributed by atoms with Crippen molar-refractivity contribution in [2.24, 2.45) is 5.92 Å². The van der Waals surface area contributed by atoms with Crippen molar-refractivity contribution in [3.05, 3.63) is 24.5 Å². The molecule has 0 unspecified atom stereocenters. The number of hydrogen-bond donors (Lipinski definition) is 1. The molecule has 1 aromatic rings. The van der Waals surface area contributed by atoms with E-state index in [-0.39, 0.29) is 18.9 Å². The molecule has 0 aromatic carbocycles. The summed E-state index contributed by atoms with van der Waals surface area (Å²) in [5, 5.41) is 3.00. The van der Waals surface area contributed by atoms with Gasteiger partial charge in [0, 0.05) is 24.6 Å². The Morgan fingerprint density at radius 1 is 1.41 bits per heavy atom. The fourth-order valence-corrected chi connectivity index (χ4v) is 1.33. The molecule has 0 saturated carbocycles. The van der Waals surface area contributed by atoms with Crippen LogP contribution in [0.2, 0.25) is 0 Å². The minimum absolute atomic E-state index is 0.204. The van der Waals surface area contributed by atoms with Crippen LogP contribution < -0.4 is 5.32 Å². The van der Waals surface area contributed by atoms with Crippen molar-refractivity contribution in [2.75, 3.05) is 18.5 Å². The zero-order valence-corrected chi connectivity index (χ0v) is 9.97. The summed E-state index contributed by atoms with van der Waals surface area (Å²) in [5.41, 5.74) is 0.815. The van der Waals surface area contributed by atoms with Gasteiger partial charge in [-0.1, -0.05) is 0 Å². The van der Waals surface area contributed by atoms with Gasteiger partial charge in [-0.25, -0.2) is 0 Å². The SMILES string of the molecule is CCOC(=O)[C@H](CNc1ccncc1)C(C)=O. The summed E-state index contributed by atoms with van der Waals surface area (Å²) >= 11 is 0. The van der Waals surface area contributed by atoms with Crippen LogP contribution in [0.3, 0.4) is 0 Å². The van der Waals surface area contributed by atoms with Crippen molar-refractivity contribution in [3.63, 3.8) is 0 Å². The van der Waals surface area contributed by atoms with Gasteiger partial charge in [0.2, 0.25) is 0 Å². The molecule has 0 saturated heterocycles. The van der Waals surface area contributed by atoms with Gasteiger partial charge in [-0.3, -0.25) is 14.6 Å². The lowest BCUT2D eigenvalue weighted by atomic mass is 10.1. The first kappa shape index (κ1) is 13.2. The Morgan fingerprint density at radius 2 is 2.06 bits per heavy atom. The van der Waals surface area contributed by atoms with E-state index >= 15 is 0 Å². The summed E-state index contributed by atoms with van der Waals surface area (Å²) in [6, 6.07) is 3.53. The van der Waals surface area contributed by atoms with E-state index in [1.165, 1.54) is 6.92 Å². The van der Waals surface area contributed by atoms with E-state index in [2.05, 4.69) is 10.3 Å². The van der Waals surface area contributed by atoms with Gasteiger partial charge in [0.25, 0.3) is 0 Å². The number of nitrogens with one attached hydrogen (secondary N) is 1. The Hall–Kier alpha value is -1.91. The van der Waals surface area contributed by atoms with Gasteiger partial charge in [-0.2, -0.15) is 0 Å². The maximum absolute atomic E-state index is 11.5. The number of aromatic nitrogens is 1. The lowest BCUT2D eigenvalue weighted by molar-refractivity contribution is -0.150. The summed E-state index contributed by atoms with van der Waals surface area (Å²) in [7, 11) is 0. The molecule has 1 atom stereocenters. The second kappa shape index (κ2) is 6.62. The lowest BCUT2D eigenvalue weighted by Gasteiger charge is -2.14. The van der Waals surface area contributed by atoms with E-state index in [0.717, 1.165) is 5.69 Å². The van der Waals surface area contributed by atoms with Crippen LogP contribution in [-0.2, 0) is 14.3 Å². The molecule has 0 spiro atoms. The van der Waals surface area contributed by atoms with Gasteiger partial charge in [-0.15, -0.1) is 0 Å². The third-order valence-electron chi connectivity index (χ3n) is 2.25. The van der Waals surface area contributed by atoms with Gasteiger partial charge in [0.1, 0.15) is 11.7 Å². The van der Waals surface area contributed by atoms with Crippen molar-refractivity contribution in [2.45, 2.75) is 13.8 Å². The van der Waals surface area contributed by atoms with Crippen molar-refractivity contribution < 1.29 is 14.3 Å². The molecule has 0 fully saturated rings. The van der Waals surface area contributed by atoms with Crippen LogP contribution in [-0.4, -0.2) is 29.9 Å². The predicted molar refractivity (Wildman–Crippen MR) is 63.5 cm³/mol. The molecule has 1 heterocycles. The fraction of sp³-hybridized carbons (Fsp3) is 0.417. The van der Waals surface area contributed by atoms with Crippen LogP contribution in [0, 0.1) is 5.92 Å². The number of carbonyl (C=O) groups is 2. The normalized spacial score (nSPS) is 11.6. The Morgan fingerprint density at radius 3 is 2.59 bits per heavy atom. The highest BCUT2D eigenvalue weighted by Crippen LogP contribution is 2.07. The van der Waals surface area contributed by atoms with Crippen molar-refractivity contribution >= 4 is 17.4 Å². The van der Waals surface area contributed by atoms with E-state index < -0.39 is 11.9 Å². The quantitative estimate of drug-likeness (QED) is 0.595. The highest BCUT2D eigenvalue weighted by Gasteiger charge is 2.24. The molecule has 0 aliphatic heterocycles. The van der Waals surface area contributed by atoms with Crippen molar-refractivity contribution in [1.82, 2.24) is 4.98 Å². The second-order valence-corrected chi connectivity index (χ2v) is 3.53. The Kier molecular flexibility index (Phi) is 5.13. The molecule has 0 aliphatic carbocycles. The van der Waals surface area contributed by atoms with Crippen LogP contribution in [0.4, 0.5) is 5.69 Å². The summed E-state index contributed by atoms with van der Waals surface area (Å²) < 4.78 is 4.84. The van der Waals surface area contributed by atoms with Crippen molar-refractivity contribution in [3.8, 4) is 0 Å². The van der Waals surface area contributed by atoms with E-state index in [1.807, 2.05) is 0 Å². The standard InChI is InChI=1S/C12H16N2O3/c1-3-17-12(16)11(9(2)15)8-14-10-4-6-13-7-5-10/h4-7,11H,3,8H2,1-2H3,(H,13,14)/t11-/m1/s1. The zero-order valence-electron chi connectivity index (χ0n) is 9.97.